The summed E-state index contributed by atoms with van der Waals surface area (Å²) < 4.78 is 8.14. The Hall–Kier alpha value is -0.620. The second kappa shape index (κ2) is 7.09. The van der Waals surface area contributed by atoms with E-state index in [2.05, 4.69) is 49.0 Å². The predicted molar refractivity (Wildman–Crippen MR) is 82.0 cm³/mol. The Kier molecular flexibility index (Phi) is 5.44. The Balaban J connectivity index is 2.17. The Morgan fingerprint density at radius 3 is 2.44 bits per heavy atom. The van der Waals surface area contributed by atoms with Crippen molar-refractivity contribution >= 4 is 40.8 Å². The van der Waals surface area contributed by atoms with Crippen LogP contribution in [0.25, 0.3) is 0 Å². The molecule has 0 aromatic heterocycles. The molecule has 3 heteroatoms. The third-order valence-corrected chi connectivity index (χ3v) is 6.08. The third kappa shape index (κ3) is 3.68. The molecule has 0 bridgehead atoms. The molecule has 2 aromatic carbocycles. The second-order valence-corrected chi connectivity index (χ2v) is 7.49. The normalized spacial score (nSPS) is 10.3. The van der Waals surface area contributed by atoms with Crippen molar-refractivity contribution in [2.24, 2.45) is 0 Å². The van der Waals surface area contributed by atoms with E-state index in [1.54, 1.807) is 7.11 Å². The molecule has 0 spiro atoms. The van der Waals surface area contributed by atoms with Gasteiger partial charge in [0.25, 0.3) is 0 Å². The summed E-state index contributed by atoms with van der Waals surface area (Å²) in [5.74, 6) is 1.84. The zero-order valence-electron chi connectivity index (χ0n) is 10.3. The fourth-order valence-corrected chi connectivity index (χ4v) is 4.72. The van der Waals surface area contributed by atoms with E-state index in [4.69, 9.17) is 4.74 Å². The van der Waals surface area contributed by atoms with E-state index in [0.717, 1.165) is 17.9 Å². The molecule has 0 aliphatic carbocycles. The number of thiol groups is 1. The monoisotopic (exact) mass is 374 g/mol. The van der Waals surface area contributed by atoms with Crippen molar-refractivity contribution in [1.82, 2.24) is 0 Å². The van der Waals surface area contributed by atoms with Gasteiger partial charge in [-0.25, -0.2) is 0 Å². The molecule has 0 aliphatic heterocycles. The van der Waals surface area contributed by atoms with Crippen LogP contribution in [0.5, 0.6) is 5.75 Å². The van der Waals surface area contributed by atoms with Gasteiger partial charge < -0.3 is 0 Å². The van der Waals surface area contributed by atoms with Gasteiger partial charge in [-0.15, -0.1) is 0 Å². The molecule has 0 amide bonds. The molecule has 2 aromatic rings. The molecule has 94 valence electrons. The zero-order chi connectivity index (χ0) is 12.8. The van der Waals surface area contributed by atoms with Crippen LogP contribution in [-0.4, -0.2) is 33.8 Å². The van der Waals surface area contributed by atoms with Gasteiger partial charge in [0.05, 0.1) is 0 Å². The van der Waals surface area contributed by atoms with Crippen LogP contribution in [0.4, 0.5) is 0 Å². The molecule has 0 N–H and O–H groups in total. The van der Waals surface area contributed by atoms with Crippen molar-refractivity contribution in [3.8, 4) is 5.75 Å². The first-order chi connectivity index (χ1) is 8.83. The topological polar surface area (TPSA) is 9.23 Å². The van der Waals surface area contributed by atoms with E-state index in [9.17, 15) is 0 Å². The first-order valence-corrected chi connectivity index (χ1v) is 8.80. The van der Waals surface area contributed by atoms with Crippen LogP contribution in [0.1, 0.15) is 5.56 Å². The molecule has 0 aliphatic rings. The van der Waals surface area contributed by atoms with Gasteiger partial charge in [0.2, 0.25) is 0 Å². The number of rotatable bonds is 5. The first-order valence-electron chi connectivity index (χ1n) is 5.84. The molecule has 0 heterocycles. The Morgan fingerprint density at radius 2 is 1.78 bits per heavy atom. The summed E-state index contributed by atoms with van der Waals surface area (Å²) in [6.07, 6.45) is 1.06. The summed E-state index contributed by atoms with van der Waals surface area (Å²) in [6, 6.07) is 17.2. The molecule has 0 fully saturated rings. The molecular formula is C15H16OSTe. The van der Waals surface area contributed by atoms with Gasteiger partial charge in [0.1, 0.15) is 0 Å². The number of hydrogen-bond acceptors (Lipinski definition) is 2. The number of ether oxygens (including phenoxy) is 1. The van der Waals surface area contributed by atoms with Crippen LogP contribution in [0.2, 0.25) is 0 Å². The number of methoxy groups -OCH3 is 1. The fraction of sp³-hybridized carbons (Fsp3) is 0.200. The number of aryl methyl sites for hydroxylation is 1. The van der Waals surface area contributed by atoms with E-state index < -0.39 is 0 Å². The van der Waals surface area contributed by atoms with Gasteiger partial charge in [-0.3, -0.25) is 0 Å². The van der Waals surface area contributed by atoms with Gasteiger partial charge >= 0.3 is 125 Å². The summed E-state index contributed by atoms with van der Waals surface area (Å²) in [7, 11) is 1.70. The van der Waals surface area contributed by atoms with Crippen molar-refractivity contribution < 1.29 is 4.74 Å². The second-order valence-electron chi connectivity index (χ2n) is 3.86. The van der Waals surface area contributed by atoms with Crippen molar-refractivity contribution in [3.63, 3.8) is 0 Å². The molecule has 0 atom stereocenters. The molecule has 0 unspecified atom stereocenters. The number of benzene rings is 2. The summed E-state index contributed by atoms with van der Waals surface area (Å²) in [6.45, 7) is 0. The quantitative estimate of drug-likeness (QED) is 0.623. The molecule has 0 saturated carbocycles. The average molecular weight is 372 g/mol. The molecule has 1 nitrogen and oxygen atoms in total. The molecule has 2 rings (SSSR count). The van der Waals surface area contributed by atoms with Crippen LogP contribution in [-0.2, 0) is 6.42 Å². The molecule has 18 heavy (non-hydrogen) atoms. The Morgan fingerprint density at radius 1 is 1.06 bits per heavy atom. The summed E-state index contributed by atoms with van der Waals surface area (Å²) >= 11 is 4.02. The third-order valence-electron chi connectivity index (χ3n) is 2.64. The van der Waals surface area contributed by atoms with E-state index >= 15 is 0 Å². The van der Waals surface area contributed by atoms with Gasteiger partial charge in [0.15, 0.2) is 0 Å². The van der Waals surface area contributed by atoms with E-state index in [1.165, 1.54) is 12.8 Å². The Bertz CT molecular complexity index is 496. The van der Waals surface area contributed by atoms with E-state index in [-0.39, 0.29) is 20.9 Å². The minimum absolute atomic E-state index is 0.309. The van der Waals surface area contributed by atoms with Crippen LogP contribution in [0.3, 0.4) is 0 Å². The summed E-state index contributed by atoms with van der Waals surface area (Å²) in [5, 5.41) is 0. The predicted octanol–water partition coefficient (Wildman–Crippen LogP) is 1.82. The first kappa shape index (κ1) is 13.8. The SMILES string of the molecule is COc1ccc([Te]c2ccccc2CCS)cc1. The number of hydrogen-bond donors (Lipinski definition) is 1. The van der Waals surface area contributed by atoms with Crippen molar-refractivity contribution in [3.05, 3.63) is 54.1 Å². The maximum atomic E-state index is 5.19. The molecule has 0 saturated heterocycles. The summed E-state index contributed by atoms with van der Waals surface area (Å²) in [4.78, 5) is 0. The zero-order valence-corrected chi connectivity index (χ0v) is 13.5. The van der Waals surface area contributed by atoms with Crippen molar-refractivity contribution in [2.45, 2.75) is 6.42 Å². The molecular weight excluding hydrogens is 356 g/mol. The fourth-order valence-electron chi connectivity index (χ4n) is 1.70. The van der Waals surface area contributed by atoms with Gasteiger partial charge in [-0.05, 0) is 0 Å². The van der Waals surface area contributed by atoms with Gasteiger partial charge in [0, 0.05) is 0 Å². The van der Waals surface area contributed by atoms with Crippen LogP contribution in [0.15, 0.2) is 48.5 Å². The van der Waals surface area contributed by atoms with Crippen LogP contribution in [0, 0.1) is 0 Å². The minimum atomic E-state index is -0.309. The maximum absolute atomic E-state index is 5.19. The van der Waals surface area contributed by atoms with E-state index in [1.807, 2.05) is 12.1 Å². The van der Waals surface area contributed by atoms with E-state index in [0.29, 0.717) is 0 Å². The van der Waals surface area contributed by atoms with Crippen LogP contribution >= 0.6 is 12.6 Å². The van der Waals surface area contributed by atoms with Crippen molar-refractivity contribution in [2.75, 3.05) is 12.9 Å². The van der Waals surface area contributed by atoms with Crippen molar-refractivity contribution in [1.29, 1.82) is 0 Å². The van der Waals surface area contributed by atoms with Gasteiger partial charge in [-0.1, -0.05) is 0 Å². The average Bonchev–Trinajstić information content (AvgIpc) is 2.42. The Labute approximate surface area is 124 Å². The standard InChI is InChI=1S/C15H16OSTe/c1-16-13-6-8-14(9-7-13)18-15-5-3-2-4-12(15)10-11-17/h2-9,17H,10-11H2,1H3. The summed E-state index contributed by atoms with van der Waals surface area (Å²) in [5.41, 5.74) is 1.45. The molecule has 0 radical (unpaired) electrons. The van der Waals surface area contributed by atoms with Crippen LogP contribution < -0.4 is 12.0 Å². The van der Waals surface area contributed by atoms with Gasteiger partial charge in [-0.2, -0.15) is 0 Å².